The summed E-state index contributed by atoms with van der Waals surface area (Å²) in [6.07, 6.45) is -4.07. The van der Waals surface area contributed by atoms with E-state index in [1.54, 1.807) is 36.4 Å². The number of guanidine groups is 5. The van der Waals surface area contributed by atoms with Crippen molar-refractivity contribution in [2.24, 2.45) is 45.9 Å². The van der Waals surface area contributed by atoms with Crippen molar-refractivity contribution >= 4 is 157 Å². The van der Waals surface area contributed by atoms with E-state index in [4.69, 9.17) is 72.9 Å². The largest absolute Gasteiger partial charge is 0.508 e. The molecule has 43 N–H and O–H groups in total. The minimum Gasteiger partial charge on any atom is -0.508 e. The van der Waals surface area contributed by atoms with Gasteiger partial charge in [0, 0.05) is 83.0 Å². The molecular weight excluding hydrogens is 1900 g/mol. The van der Waals surface area contributed by atoms with Gasteiger partial charge in [-0.15, -0.1) is 0 Å². The smallest absolute Gasteiger partial charge is 0.326 e. The SMILES string of the molecule is N=C(N)NCCC[C@H](NC(=O)[C@@H]1CSSC[C@H](NC(=O)[C@H](Cc2ccc3ccccc3c2)NC(=O)[C@H](CCCNC(=N)N)NC(=O)[C@@H](N)CCCNC(=N)N)C(=O)N[C@@H](Cc2ccc(O)cc2)C(=O)N[C@@H](CCCNC(=N)N)C(=O)N[C@@H](CCC(=O)O)C(=O)N[C@H](CCCCN)C(=O)N2CCC[C@H]2C(=O)N[C@@H](Cc2ccc(O)cc2)C(=O)N[C@@H](CCCNC(=N)N)C(=O)N[C@@H](CCCNC(N)=O)C(=O)N1)C(=O)O. The van der Waals surface area contributed by atoms with Crippen LogP contribution in [0.25, 0.3) is 10.8 Å². The Morgan fingerprint density at radius 2 is 0.846 bits per heavy atom. The number of phenols is 2. The van der Waals surface area contributed by atoms with Crippen LogP contribution in [0.15, 0.2) is 91.0 Å². The van der Waals surface area contributed by atoms with E-state index < -0.39 is 240 Å². The minimum atomic E-state index is -1.95. The van der Waals surface area contributed by atoms with Crippen molar-refractivity contribution in [3.05, 3.63) is 108 Å². The van der Waals surface area contributed by atoms with Crippen LogP contribution >= 0.6 is 21.6 Å². The number of aliphatic carboxylic acids is 2. The molecule has 0 unspecified atom stereocenters. The molecule has 52 nitrogen and oxygen atoms in total. The zero-order chi connectivity index (χ0) is 105. The summed E-state index contributed by atoms with van der Waals surface area (Å²) in [5.74, 6) is -20.9. The highest BCUT2D eigenvalue weighted by atomic mass is 33.1. The van der Waals surface area contributed by atoms with Gasteiger partial charge in [0.05, 0.1) is 6.04 Å². The molecular formula is C89H136N32O20S2. The van der Waals surface area contributed by atoms with Crippen LogP contribution in [-0.2, 0) is 91.2 Å². The standard InChI is InChI=1S/C89H136N32O20S2/c90-34-4-3-15-61-82(138)121-41-11-21-68(121)81(137)118-64(44-49-25-30-54(123)31-26-49)77(133)112-57(17-7-37-105-86(96)97)71(127)110-59(19-9-40-108-89(102)141)74(130)119-66(79(135)115-62(83(139)140)20-10-39-107-88(100)101)46-142-143-47-67(80(136)117-63(43-48-23-28-53(122)29-24-48)76(132)111-58(18-8-38-106-87(98)99)72(128)113-60(75(131)114-61)32-33-69(124)125)120-78(134)65(45-50-22-27-51-12-1-2-13-52(51)42-50)116-73(129)56(16-6-36-104-85(94)95)109-70(126)55(91)14-5-35-103-84(92)93/h1-2,12-13,22-31,42,55-68,122-123H,3-11,14-21,32-41,43-47,90-91H2,(H,109,126)(H,110,127)(H,111,132)(H,112,133)(H,113,128)(H,114,131)(H,115,135)(H,116,129)(H,117,136)(H,118,137)(H,119,130)(H,120,134)(H,124,125)(H,139,140)(H4,92,93,103)(H4,94,95,104)(H4,96,97,105)(H4,98,99,106)(H4,100,101,107)(H3,102,108,141)/t55-,56-,57-,58-,59-,60-,61+,62-,63-,64-,65-,66-,67-,68-/m0/s1. The molecule has 0 spiro atoms. The number of hydrogen-bond donors (Lipinski definition) is 35. The molecule has 0 aliphatic carbocycles. The Balaban J connectivity index is 1.62. The third-order valence-electron chi connectivity index (χ3n) is 22.8. The molecule has 14 atom stereocenters. The van der Waals surface area contributed by atoms with Gasteiger partial charge in [0.15, 0.2) is 29.8 Å². The average molecular weight is 2040 g/mol. The van der Waals surface area contributed by atoms with Crippen molar-refractivity contribution in [3.63, 3.8) is 0 Å². The van der Waals surface area contributed by atoms with Crippen LogP contribution in [0.2, 0.25) is 0 Å². The number of carboxylic acid groups (broad SMARTS) is 2. The maximum absolute atomic E-state index is 16.0. The highest BCUT2D eigenvalue weighted by molar-refractivity contribution is 8.76. The van der Waals surface area contributed by atoms with E-state index in [1.165, 1.54) is 48.5 Å². The maximum atomic E-state index is 16.0. The third kappa shape index (κ3) is 43.3. The second kappa shape index (κ2) is 61.6. The molecule has 2 aliphatic rings. The van der Waals surface area contributed by atoms with Gasteiger partial charge in [0.25, 0.3) is 0 Å². The zero-order valence-electron chi connectivity index (χ0n) is 79.1. The van der Waals surface area contributed by atoms with Gasteiger partial charge in [-0.05, 0) is 174 Å². The lowest BCUT2D eigenvalue weighted by molar-refractivity contribution is -0.143. The quantitative estimate of drug-likeness (QED) is 0.00847. The third-order valence-corrected chi connectivity index (χ3v) is 25.2. The zero-order valence-corrected chi connectivity index (χ0v) is 80.7. The van der Waals surface area contributed by atoms with Crippen LogP contribution in [0.1, 0.15) is 139 Å². The van der Waals surface area contributed by atoms with Crippen molar-refractivity contribution in [1.29, 1.82) is 27.0 Å². The number of nitrogens with zero attached hydrogens (tertiary/aromatic N) is 1. The second-order valence-corrected chi connectivity index (χ2v) is 36.7. The summed E-state index contributed by atoms with van der Waals surface area (Å²) in [5, 5.41) is 129. The van der Waals surface area contributed by atoms with Crippen LogP contribution < -0.4 is 142 Å². The fraction of sp³-hybridized carbons (Fsp3) is 0.517. The monoisotopic (exact) mass is 2040 g/mol. The predicted molar refractivity (Wildman–Crippen MR) is 532 cm³/mol. The summed E-state index contributed by atoms with van der Waals surface area (Å²) in [6, 6.07) is -1.84. The Morgan fingerprint density at radius 3 is 1.34 bits per heavy atom. The number of nitrogens with two attached hydrogens (primary N) is 8. The number of nitrogens with one attached hydrogen (secondary N) is 23. The van der Waals surface area contributed by atoms with Crippen LogP contribution in [0.4, 0.5) is 4.79 Å². The molecule has 54 heteroatoms. The molecule has 2 saturated heterocycles. The molecule has 2 fully saturated rings. The van der Waals surface area contributed by atoms with E-state index in [9.17, 15) is 39.6 Å². The number of benzene rings is 4. The number of aromatic hydroxyl groups is 2. The first kappa shape index (κ1) is 117. The molecule has 784 valence electrons. The topological polar surface area (TPSA) is 901 Å². The molecule has 4 aromatic carbocycles. The van der Waals surface area contributed by atoms with Crippen LogP contribution in [-0.4, -0.2) is 298 Å². The first-order valence-electron chi connectivity index (χ1n) is 46.6. The van der Waals surface area contributed by atoms with E-state index in [0.29, 0.717) is 38.1 Å². The minimum absolute atomic E-state index is 0.00147. The molecule has 6 rings (SSSR count). The first-order valence-corrected chi connectivity index (χ1v) is 49.1. The fourth-order valence-electron chi connectivity index (χ4n) is 15.3. The number of carbonyl (C=O) groups is 16. The van der Waals surface area contributed by atoms with Crippen molar-refractivity contribution in [1.82, 2.24) is 101 Å². The van der Waals surface area contributed by atoms with E-state index >= 15 is 57.5 Å². The first-order chi connectivity index (χ1) is 68.1. The van der Waals surface area contributed by atoms with Crippen LogP contribution in [0.5, 0.6) is 11.5 Å². The van der Waals surface area contributed by atoms with Gasteiger partial charge in [-0.25, -0.2) is 9.59 Å². The van der Waals surface area contributed by atoms with E-state index in [0.717, 1.165) is 10.3 Å². The average Bonchev–Trinajstić information content (AvgIpc) is 1.75. The Bertz CT molecular complexity index is 5050. The number of fused-ring (bicyclic) bond motifs is 2. The van der Waals surface area contributed by atoms with Gasteiger partial charge in [-0.2, -0.15) is 0 Å². The summed E-state index contributed by atoms with van der Waals surface area (Å²) in [5.41, 5.74) is 46.6. The molecule has 2 heterocycles. The van der Waals surface area contributed by atoms with Gasteiger partial charge in [0.2, 0.25) is 76.8 Å². The molecule has 0 saturated carbocycles. The van der Waals surface area contributed by atoms with Gasteiger partial charge >= 0.3 is 18.0 Å². The summed E-state index contributed by atoms with van der Waals surface area (Å²) in [6.45, 7) is -0.431. The van der Waals surface area contributed by atoms with Crippen LogP contribution in [0.3, 0.4) is 0 Å². The lowest BCUT2D eigenvalue weighted by Gasteiger charge is -2.31. The van der Waals surface area contributed by atoms with Gasteiger partial charge in [-0.1, -0.05) is 88.3 Å². The Kier molecular flexibility index (Phi) is 50.3. The number of amides is 15. The molecule has 4 aromatic rings. The Hall–Kier alpha value is -15.0. The van der Waals surface area contributed by atoms with Gasteiger partial charge < -0.3 is 167 Å². The maximum Gasteiger partial charge on any atom is 0.326 e. The summed E-state index contributed by atoms with van der Waals surface area (Å²) >= 11 is 0. The normalized spacial score (nSPS) is 20.2. The Morgan fingerprint density at radius 1 is 0.427 bits per heavy atom. The van der Waals surface area contributed by atoms with E-state index in [1.807, 2.05) is 6.07 Å². The van der Waals surface area contributed by atoms with Gasteiger partial charge in [0.1, 0.15) is 90.0 Å². The lowest BCUT2D eigenvalue weighted by Crippen LogP contribution is -2.61. The second-order valence-electron chi connectivity index (χ2n) is 34.1. The predicted octanol–water partition coefficient (Wildman–Crippen LogP) is -6.35. The number of rotatable bonds is 46. The van der Waals surface area contributed by atoms with Crippen molar-refractivity contribution < 1.29 is 97.1 Å². The Labute approximate surface area is 832 Å². The van der Waals surface area contributed by atoms with Crippen molar-refractivity contribution in [2.45, 2.75) is 226 Å². The summed E-state index contributed by atoms with van der Waals surface area (Å²) < 4.78 is 0. The number of unbranched alkanes of at least 4 members (excludes halogenated alkanes) is 1. The van der Waals surface area contributed by atoms with Crippen LogP contribution in [0, 0.1) is 27.0 Å². The summed E-state index contributed by atoms with van der Waals surface area (Å²) in [4.78, 5) is 238. The highest BCUT2D eigenvalue weighted by Crippen LogP contribution is 2.27. The highest BCUT2D eigenvalue weighted by Gasteiger charge is 2.43. The van der Waals surface area contributed by atoms with E-state index in [2.05, 4.69) is 95.7 Å². The molecule has 0 aromatic heterocycles. The number of primary amides is 1. The number of hydrogen-bond acceptors (Lipinski definition) is 27. The van der Waals surface area contributed by atoms with Gasteiger partial charge in [-0.3, -0.25) is 94.2 Å². The molecule has 15 amide bonds. The van der Waals surface area contributed by atoms with Crippen molar-refractivity contribution in [2.75, 3.05) is 63.9 Å². The summed E-state index contributed by atoms with van der Waals surface area (Å²) in [7, 11) is 1.41. The van der Waals surface area contributed by atoms with E-state index in [-0.39, 0.29) is 191 Å². The number of carbonyl (C=O) groups excluding carboxylic acids is 14. The fourth-order valence-corrected chi connectivity index (χ4v) is 17.6. The number of carboxylic acids is 2. The molecule has 0 radical (unpaired) electrons. The number of urea groups is 1. The molecule has 143 heavy (non-hydrogen) atoms. The van der Waals surface area contributed by atoms with Crippen molar-refractivity contribution in [3.8, 4) is 11.5 Å². The lowest BCUT2D eigenvalue weighted by atomic mass is 10.00. The molecule has 2 aliphatic heterocycles. The number of phenolic OH excluding ortho intramolecular Hbond substituents is 2. The molecule has 0 bridgehead atoms.